The van der Waals surface area contributed by atoms with Crippen LogP contribution in [-0.4, -0.2) is 71.8 Å². The largest absolute Gasteiger partial charge is 0.450 e. The van der Waals surface area contributed by atoms with Crippen LogP contribution in [0, 0.1) is 5.92 Å². The van der Waals surface area contributed by atoms with Gasteiger partial charge in [-0.1, -0.05) is 78.6 Å². The fourth-order valence-corrected chi connectivity index (χ4v) is 4.69. The van der Waals surface area contributed by atoms with Crippen molar-refractivity contribution < 1.29 is 33.4 Å². The Bertz CT molecular complexity index is 713. The zero-order valence-corrected chi connectivity index (χ0v) is 26.0. The summed E-state index contributed by atoms with van der Waals surface area (Å²) in [6.45, 7) is 15.3. The van der Waals surface area contributed by atoms with Crippen LogP contribution in [0.25, 0.3) is 0 Å². The van der Waals surface area contributed by atoms with Gasteiger partial charge in [0.05, 0.1) is 13.2 Å². The van der Waals surface area contributed by atoms with Crippen LogP contribution in [0.3, 0.4) is 0 Å². The molecule has 3 atom stereocenters. The predicted octanol–water partition coefficient (Wildman–Crippen LogP) is 7.11. The highest BCUT2D eigenvalue weighted by Gasteiger charge is 2.39. The van der Waals surface area contributed by atoms with E-state index < -0.39 is 36.2 Å². The van der Waals surface area contributed by atoms with E-state index in [1.54, 1.807) is 27.7 Å². The van der Waals surface area contributed by atoms with Crippen LogP contribution in [0.15, 0.2) is 0 Å². The number of nitrogens with zero attached hydrogens (tertiary/aromatic N) is 2. The summed E-state index contributed by atoms with van der Waals surface area (Å²) in [6.07, 6.45) is 10.0. The zero-order chi connectivity index (χ0) is 29.8. The van der Waals surface area contributed by atoms with E-state index in [-0.39, 0.29) is 25.2 Å². The molecule has 0 aromatic rings. The summed E-state index contributed by atoms with van der Waals surface area (Å²) in [7, 11) is 0. The summed E-state index contributed by atoms with van der Waals surface area (Å²) >= 11 is 0. The van der Waals surface area contributed by atoms with E-state index in [0.717, 1.165) is 38.5 Å². The highest BCUT2D eigenvalue weighted by molar-refractivity contribution is 5.93. The van der Waals surface area contributed by atoms with Crippen LogP contribution in [-0.2, 0) is 23.8 Å². The molecule has 0 heterocycles. The van der Waals surface area contributed by atoms with E-state index in [2.05, 4.69) is 13.8 Å². The molecule has 0 aliphatic carbocycles. The number of ether oxygens (including phenoxy) is 3. The minimum atomic E-state index is -1.04. The molecule has 228 valence electrons. The Labute approximate surface area is 237 Å². The second-order valence-corrected chi connectivity index (χ2v) is 10.5. The van der Waals surface area contributed by atoms with Crippen LogP contribution >= 0.6 is 0 Å². The lowest BCUT2D eigenvalue weighted by Crippen LogP contribution is -2.53. The van der Waals surface area contributed by atoms with Gasteiger partial charge in [0.2, 0.25) is 0 Å². The van der Waals surface area contributed by atoms with Crippen LogP contribution < -0.4 is 0 Å². The Hall–Kier alpha value is -2.32. The molecule has 0 aliphatic rings. The number of rotatable bonds is 20. The van der Waals surface area contributed by atoms with Crippen LogP contribution in [0.5, 0.6) is 0 Å². The maximum Gasteiger partial charge on any atom is 0.410 e. The van der Waals surface area contributed by atoms with Gasteiger partial charge in [-0.15, -0.1) is 0 Å². The molecular weight excluding hydrogens is 500 g/mol. The molecule has 0 spiro atoms. The number of hydrogen-bond donors (Lipinski definition) is 0. The first-order chi connectivity index (χ1) is 18.6. The number of amides is 2. The molecule has 9 heteroatoms. The normalized spacial score (nSPS) is 13.4. The maximum absolute atomic E-state index is 13.5. The molecule has 9 nitrogen and oxygen atoms in total. The highest BCUT2D eigenvalue weighted by atomic mass is 16.6. The minimum absolute atomic E-state index is 0.160. The van der Waals surface area contributed by atoms with Crippen molar-refractivity contribution in [1.29, 1.82) is 0 Å². The number of carbonyl (C=O) groups excluding carboxylic acids is 4. The van der Waals surface area contributed by atoms with Crippen molar-refractivity contribution >= 4 is 24.1 Å². The Morgan fingerprint density at radius 1 is 0.641 bits per heavy atom. The van der Waals surface area contributed by atoms with Crippen molar-refractivity contribution in [1.82, 2.24) is 9.80 Å². The van der Waals surface area contributed by atoms with Gasteiger partial charge in [0.15, 0.2) is 0 Å². The lowest BCUT2D eigenvalue weighted by Gasteiger charge is -2.34. The smallest absolute Gasteiger partial charge is 0.410 e. The third-order valence-corrected chi connectivity index (χ3v) is 6.88. The van der Waals surface area contributed by atoms with Crippen molar-refractivity contribution in [2.24, 2.45) is 5.92 Å². The number of unbranched alkanes of at least 4 members (excludes halogenated alkanes) is 8. The lowest BCUT2D eigenvalue weighted by molar-refractivity contribution is -0.167. The number of esters is 2. The van der Waals surface area contributed by atoms with Crippen molar-refractivity contribution in [2.45, 2.75) is 144 Å². The molecule has 2 amide bonds. The van der Waals surface area contributed by atoms with Gasteiger partial charge in [0.25, 0.3) is 0 Å². The van der Waals surface area contributed by atoms with Crippen LogP contribution in [0.1, 0.15) is 126 Å². The maximum atomic E-state index is 13.5. The molecule has 0 bridgehead atoms. The van der Waals surface area contributed by atoms with Gasteiger partial charge < -0.3 is 14.2 Å². The summed E-state index contributed by atoms with van der Waals surface area (Å²) < 4.78 is 15.8. The van der Waals surface area contributed by atoms with E-state index in [0.29, 0.717) is 13.0 Å². The monoisotopic (exact) mass is 556 g/mol. The van der Waals surface area contributed by atoms with Gasteiger partial charge >= 0.3 is 24.1 Å². The molecule has 0 fully saturated rings. The van der Waals surface area contributed by atoms with Crippen molar-refractivity contribution in [2.75, 3.05) is 19.8 Å². The van der Waals surface area contributed by atoms with Gasteiger partial charge in [-0.3, -0.25) is 9.80 Å². The second-order valence-electron chi connectivity index (χ2n) is 10.5. The van der Waals surface area contributed by atoms with Crippen LogP contribution in [0.2, 0.25) is 0 Å². The minimum Gasteiger partial charge on any atom is -0.450 e. The molecule has 0 aromatic carbocycles. The molecule has 0 N–H and O–H groups in total. The van der Waals surface area contributed by atoms with Gasteiger partial charge in [0.1, 0.15) is 12.1 Å². The van der Waals surface area contributed by atoms with Gasteiger partial charge in [-0.2, -0.15) is 0 Å². The van der Waals surface area contributed by atoms with Gasteiger partial charge in [0, 0.05) is 12.6 Å². The van der Waals surface area contributed by atoms with E-state index >= 15 is 0 Å². The molecule has 39 heavy (non-hydrogen) atoms. The molecule has 0 radical (unpaired) electrons. The zero-order valence-electron chi connectivity index (χ0n) is 26.0. The number of hydrogen-bond acceptors (Lipinski definition) is 7. The lowest BCUT2D eigenvalue weighted by atomic mass is 9.94. The molecule has 0 rings (SSSR count). The molecule has 0 aromatic heterocycles. The van der Waals surface area contributed by atoms with E-state index in [1.807, 2.05) is 6.92 Å². The molecule has 2 unspecified atom stereocenters. The first-order valence-corrected chi connectivity index (χ1v) is 15.2. The Morgan fingerprint density at radius 3 is 1.67 bits per heavy atom. The Morgan fingerprint density at radius 2 is 1.15 bits per heavy atom. The third-order valence-electron chi connectivity index (χ3n) is 6.88. The molecular formula is C30H56N2O7. The fourth-order valence-electron chi connectivity index (χ4n) is 4.69. The van der Waals surface area contributed by atoms with Gasteiger partial charge in [-0.25, -0.2) is 19.2 Å². The van der Waals surface area contributed by atoms with Crippen molar-refractivity contribution in [3.8, 4) is 0 Å². The predicted molar refractivity (Wildman–Crippen MR) is 153 cm³/mol. The highest BCUT2D eigenvalue weighted by Crippen LogP contribution is 2.22. The number of carbonyl (C=O) groups is 4. The van der Waals surface area contributed by atoms with Crippen LogP contribution in [0.4, 0.5) is 9.59 Å². The van der Waals surface area contributed by atoms with Gasteiger partial charge in [-0.05, 0) is 53.4 Å². The fraction of sp³-hybridized carbons (Fsp3) is 0.867. The van der Waals surface area contributed by atoms with Crippen molar-refractivity contribution in [3.05, 3.63) is 0 Å². The topological polar surface area (TPSA) is 102 Å². The average molecular weight is 557 g/mol. The summed E-state index contributed by atoms with van der Waals surface area (Å²) in [5.41, 5.74) is 0. The average Bonchev–Trinajstić information content (AvgIpc) is 2.88. The first kappa shape index (κ1) is 36.7. The van der Waals surface area contributed by atoms with E-state index in [1.165, 1.54) is 42.4 Å². The summed E-state index contributed by atoms with van der Waals surface area (Å²) in [6, 6.07) is -2.35. The molecule has 0 saturated heterocycles. The molecule has 0 saturated carbocycles. The summed E-state index contributed by atoms with van der Waals surface area (Å²) in [5.74, 6) is -1.90. The third kappa shape index (κ3) is 14.0. The SMILES string of the molecule is CCCCCCCCCCN(C(=O)OCC)C(C(=O)OC(=O)[C@H](C)N(C(=O)OCC)C(C)C)C(C)CCCC. The first-order valence-electron chi connectivity index (χ1n) is 15.2. The Kier molecular flexibility index (Phi) is 20.2. The summed E-state index contributed by atoms with van der Waals surface area (Å²) in [5, 5.41) is 0. The molecule has 0 aliphatic heterocycles. The van der Waals surface area contributed by atoms with E-state index in [9.17, 15) is 19.2 Å². The van der Waals surface area contributed by atoms with E-state index in [4.69, 9.17) is 14.2 Å². The summed E-state index contributed by atoms with van der Waals surface area (Å²) in [4.78, 5) is 54.7. The standard InChI is InChI=1S/C30H56N2O7/c1-9-13-15-16-17-18-19-20-22-31(29(35)37-11-3)26(24(7)21-14-10-2)28(34)39-27(33)25(8)32(23(5)6)30(36)38-12-4/h23-26H,9-22H2,1-8H3/t24?,25-,26?/m0/s1. The quantitative estimate of drug-likeness (QED) is 0.0681. The Balaban J connectivity index is 5.69. The second kappa shape index (κ2) is 21.5. The van der Waals surface area contributed by atoms with Crippen molar-refractivity contribution in [3.63, 3.8) is 0 Å².